The number of rotatable bonds is 4. The summed E-state index contributed by atoms with van der Waals surface area (Å²) < 4.78 is 40.7. The number of nitrogens with one attached hydrogen (secondary N) is 1. The van der Waals surface area contributed by atoms with E-state index >= 15 is 0 Å². The molecular weight excluding hydrogens is 333 g/mol. The maximum Gasteiger partial charge on any atom is 0.435 e. The third-order valence-electron chi connectivity index (χ3n) is 4.33. The van der Waals surface area contributed by atoms with Crippen molar-refractivity contribution >= 4 is 5.91 Å². The minimum absolute atomic E-state index is 0.227. The Labute approximate surface area is 143 Å². The highest BCUT2D eigenvalue weighted by Crippen LogP contribution is 2.35. The average Bonchev–Trinajstić information content (AvgIpc) is 2.94. The van der Waals surface area contributed by atoms with E-state index in [1.165, 1.54) is 4.68 Å². The first-order valence-electron chi connectivity index (χ1n) is 8.22. The lowest BCUT2D eigenvalue weighted by Gasteiger charge is -2.16. The number of carbonyl (C=O) groups excluding carboxylic acids is 1. The molecule has 0 aromatic carbocycles. The van der Waals surface area contributed by atoms with Crippen LogP contribution >= 0.6 is 0 Å². The van der Waals surface area contributed by atoms with E-state index < -0.39 is 11.9 Å². The zero-order chi connectivity index (χ0) is 18.0. The molecule has 0 spiro atoms. The standard InChI is InChI=1S/C17H19F3N4O/c1-11(13-7-4-5-9-21-13)22-15(25)10-24-14-8-3-2-6-12(14)16(23-24)17(18,19)20/h4-5,7,9,11H,2-3,6,8,10H2,1H3,(H,22,25). The van der Waals surface area contributed by atoms with E-state index in [9.17, 15) is 18.0 Å². The van der Waals surface area contributed by atoms with Gasteiger partial charge in [0.2, 0.25) is 5.91 Å². The molecule has 0 bridgehead atoms. The Morgan fingerprint density at radius 2 is 2.08 bits per heavy atom. The van der Waals surface area contributed by atoms with Crippen LogP contribution in [0, 0.1) is 0 Å². The maximum atomic E-state index is 13.2. The molecule has 0 saturated carbocycles. The van der Waals surface area contributed by atoms with Crippen molar-refractivity contribution in [1.29, 1.82) is 0 Å². The van der Waals surface area contributed by atoms with Gasteiger partial charge in [-0.2, -0.15) is 18.3 Å². The molecule has 2 aromatic heterocycles. The normalized spacial score (nSPS) is 15.5. The number of hydrogen-bond acceptors (Lipinski definition) is 3. The topological polar surface area (TPSA) is 59.8 Å². The van der Waals surface area contributed by atoms with Crippen molar-refractivity contribution in [2.45, 2.75) is 51.4 Å². The van der Waals surface area contributed by atoms with Crippen LogP contribution < -0.4 is 5.32 Å². The van der Waals surface area contributed by atoms with Gasteiger partial charge in [-0.3, -0.25) is 14.5 Å². The van der Waals surface area contributed by atoms with Gasteiger partial charge in [-0.25, -0.2) is 0 Å². The van der Waals surface area contributed by atoms with Crippen molar-refractivity contribution in [1.82, 2.24) is 20.1 Å². The molecule has 1 unspecified atom stereocenters. The molecule has 0 saturated heterocycles. The zero-order valence-corrected chi connectivity index (χ0v) is 13.8. The molecule has 1 aliphatic rings. The molecule has 5 nitrogen and oxygen atoms in total. The maximum absolute atomic E-state index is 13.2. The van der Waals surface area contributed by atoms with E-state index in [2.05, 4.69) is 15.4 Å². The molecule has 2 heterocycles. The fourth-order valence-electron chi connectivity index (χ4n) is 3.16. The van der Waals surface area contributed by atoms with Gasteiger partial charge in [-0.1, -0.05) is 6.07 Å². The minimum atomic E-state index is -4.50. The van der Waals surface area contributed by atoms with Crippen molar-refractivity contribution in [2.75, 3.05) is 0 Å². The quantitative estimate of drug-likeness (QED) is 0.920. The SMILES string of the molecule is CC(NC(=O)Cn1nc(C(F)(F)F)c2c1CCCC2)c1ccccn1. The lowest BCUT2D eigenvalue weighted by molar-refractivity contribution is -0.142. The molecule has 1 N–H and O–H groups in total. The number of aromatic nitrogens is 3. The predicted octanol–water partition coefficient (Wildman–Crippen LogP) is 3.05. The van der Waals surface area contributed by atoms with Gasteiger partial charge in [-0.05, 0) is 44.7 Å². The summed E-state index contributed by atoms with van der Waals surface area (Å²) in [5.74, 6) is -0.386. The van der Waals surface area contributed by atoms with Crippen LogP contribution in [-0.4, -0.2) is 20.7 Å². The number of hydrogen-bond donors (Lipinski definition) is 1. The van der Waals surface area contributed by atoms with Crippen LogP contribution in [-0.2, 0) is 30.4 Å². The number of carbonyl (C=O) groups is 1. The van der Waals surface area contributed by atoms with E-state index in [1.54, 1.807) is 25.3 Å². The fourth-order valence-corrected chi connectivity index (χ4v) is 3.16. The average molecular weight is 352 g/mol. The highest BCUT2D eigenvalue weighted by Gasteiger charge is 2.39. The molecule has 1 aliphatic carbocycles. The van der Waals surface area contributed by atoms with Gasteiger partial charge in [0.15, 0.2) is 5.69 Å². The summed E-state index contributed by atoms with van der Waals surface area (Å²) in [6, 6.07) is 5.03. The summed E-state index contributed by atoms with van der Waals surface area (Å²) in [5.41, 5.74) is 0.602. The molecule has 3 rings (SSSR count). The first kappa shape index (κ1) is 17.4. The number of halogens is 3. The van der Waals surface area contributed by atoms with E-state index in [0.29, 0.717) is 30.7 Å². The summed E-state index contributed by atoms with van der Waals surface area (Å²) in [6.07, 6.45) is -0.480. The van der Waals surface area contributed by atoms with Crippen LogP contribution in [0.4, 0.5) is 13.2 Å². The molecule has 1 amide bonds. The summed E-state index contributed by atoms with van der Waals surface area (Å²) in [7, 11) is 0. The van der Waals surface area contributed by atoms with Gasteiger partial charge in [0.1, 0.15) is 6.54 Å². The summed E-state index contributed by atoms with van der Waals surface area (Å²) in [6.45, 7) is 1.55. The second-order valence-electron chi connectivity index (χ2n) is 6.18. The predicted molar refractivity (Wildman–Crippen MR) is 84.7 cm³/mol. The molecule has 134 valence electrons. The minimum Gasteiger partial charge on any atom is -0.346 e. The summed E-state index contributed by atoms with van der Waals surface area (Å²) in [5, 5.41) is 6.45. The Balaban J connectivity index is 1.76. The Hall–Kier alpha value is -2.38. The van der Waals surface area contributed by atoms with Crippen molar-refractivity contribution in [3.63, 3.8) is 0 Å². The van der Waals surface area contributed by atoms with Crippen LogP contribution in [0.5, 0.6) is 0 Å². The zero-order valence-electron chi connectivity index (χ0n) is 13.8. The van der Waals surface area contributed by atoms with Gasteiger partial charge >= 0.3 is 6.18 Å². The Morgan fingerprint density at radius 1 is 1.32 bits per heavy atom. The van der Waals surface area contributed by atoms with Crippen molar-refractivity contribution in [3.8, 4) is 0 Å². The monoisotopic (exact) mass is 352 g/mol. The van der Waals surface area contributed by atoms with E-state index in [-0.39, 0.29) is 24.1 Å². The van der Waals surface area contributed by atoms with Gasteiger partial charge in [0, 0.05) is 17.5 Å². The molecule has 0 aliphatic heterocycles. The number of nitrogens with zero attached hydrogens (tertiary/aromatic N) is 3. The highest BCUT2D eigenvalue weighted by atomic mass is 19.4. The van der Waals surface area contributed by atoms with Crippen molar-refractivity contribution in [3.05, 3.63) is 47.0 Å². The summed E-state index contributed by atoms with van der Waals surface area (Å²) >= 11 is 0. The number of pyridine rings is 1. The molecule has 25 heavy (non-hydrogen) atoms. The third kappa shape index (κ3) is 3.83. The fraction of sp³-hybridized carbons (Fsp3) is 0.471. The Bertz CT molecular complexity index is 755. The molecule has 1 atom stereocenters. The van der Waals surface area contributed by atoms with E-state index in [4.69, 9.17) is 0 Å². The van der Waals surface area contributed by atoms with Crippen LogP contribution in [0.15, 0.2) is 24.4 Å². The molecular formula is C17H19F3N4O. The van der Waals surface area contributed by atoms with Crippen LogP contribution in [0.3, 0.4) is 0 Å². The highest BCUT2D eigenvalue weighted by molar-refractivity contribution is 5.76. The second kappa shape index (κ2) is 6.85. The molecule has 0 fully saturated rings. The first-order valence-corrected chi connectivity index (χ1v) is 8.22. The van der Waals surface area contributed by atoms with Gasteiger partial charge in [0.05, 0.1) is 11.7 Å². The number of alkyl halides is 3. The molecule has 2 aromatic rings. The van der Waals surface area contributed by atoms with Gasteiger partial charge in [0.25, 0.3) is 0 Å². The third-order valence-corrected chi connectivity index (χ3v) is 4.33. The first-order chi connectivity index (χ1) is 11.9. The smallest absolute Gasteiger partial charge is 0.346 e. The van der Waals surface area contributed by atoms with E-state index in [1.807, 2.05) is 6.07 Å². The van der Waals surface area contributed by atoms with Crippen LogP contribution in [0.1, 0.15) is 48.5 Å². The molecule has 8 heteroatoms. The lowest BCUT2D eigenvalue weighted by atomic mass is 9.95. The number of fused-ring (bicyclic) bond motifs is 1. The Morgan fingerprint density at radius 3 is 2.76 bits per heavy atom. The van der Waals surface area contributed by atoms with Crippen molar-refractivity contribution < 1.29 is 18.0 Å². The van der Waals surface area contributed by atoms with Crippen molar-refractivity contribution in [2.24, 2.45) is 0 Å². The second-order valence-corrected chi connectivity index (χ2v) is 6.18. The molecule has 0 radical (unpaired) electrons. The lowest BCUT2D eigenvalue weighted by Crippen LogP contribution is -2.31. The van der Waals surface area contributed by atoms with Crippen LogP contribution in [0.25, 0.3) is 0 Å². The summed E-state index contributed by atoms with van der Waals surface area (Å²) in [4.78, 5) is 16.4. The van der Waals surface area contributed by atoms with Gasteiger partial charge in [-0.15, -0.1) is 0 Å². The largest absolute Gasteiger partial charge is 0.435 e. The van der Waals surface area contributed by atoms with Crippen LogP contribution in [0.2, 0.25) is 0 Å². The van der Waals surface area contributed by atoms with Gasteiger partial charge < -0.3 is 5.32 Å². The van der Waals surface area contributed by atoms with E-state index in [0.717, 1.165) is 6.42 Å². The number of amides is 1. The Kier molecular flexibility index (Phi) is 4.78.